The van der Waals surface area contributed by atoms with E-state index in [1.807, 2.05) is 30.5 Å². The summed E-state index contributed by atoms with van der Waals surface area (Å²) in [7, 11) is 3.30. The summed E-state index contributed by atoms with van der Waals surface area (Å²) in [6, 6.07) is 8.00. The predicted molar refractivity (Wildman–Crippen MR) is 75.3 cm³/mol. The van der Waals surface area contributed by atoms with Gasteiger partial charge in [0.1, 0.15) is 6.10 Å². The molecule has 0 saturated heterocycles. The fraction of sp³-hybridized carbons (Fsp3) is 0.312. The van der Waals surface area contributed by atoms with Crippen molar-refractivity contribution in [2.75, 3.05) is 20.8 Å². The van der Waals surface area contributed by atoms with Crippen molar-refractivity contribution in [3.63, 3.8) is 0 Å². The SMILES string of the molecule is COc1cc2c(cc1OC)C(c1cccnc1)OCC2. The van der Waals surface area contributed by atoms with Gasteiger partial charge in [0.2, 0.25) is 0 Å². The Morgan fingerprint density at radius 2 is 2.00 bits per heavy atom. The highest BCUT2D eigenvalue weighted by Gasteiger charge is 2.25. The van der Waals surface area contributed by atoms with Crippen molar-refractivity contribution in [2.24, 2.45) is 0 Å². The summed E-state index contributed by atoms with van der Waals surface area (Å²) < 4.78 is 16.7. The molecule has 1 atom stereocenters. The Morgan fingerprint density at radius 3 is 2.70 bits per heavy atom. The van der Waals surface area contributed by atoms with Crippen molar-refractivity contribution in [3.8, 4) is 11.5 Å². The molecule has 3 rings (SSSR count). The van der Waals surface area contributed by atoms with Crippen molar-refractivity contribution in [3.05, 3.63) is 53.3 Å². The molecule has 0 spiro atoms. The second-order valence-electron chi connectivity index (χ2n) is 4.69. The molecule has 1 unspecified atom stereocenters. The van der Waals surface area contributed by atoms with Gasteiger partial charge in [0, 0.05) is 18.0 Å². The van der Waals surface area contributed by atoms with Crippen molar-refractivity contribution >= 4 is 0 Å². The van der Waals surface area contributed by atoms with E-state index in [9.17, 15) is 0 Å². The fourth-order valence-electron chi connectivity index (χ4n) is 2.58. The Bertz CT molecular complexity index is 598. The zero-order chi connectivity index (χ0) is 13.9. The molecule has 0 amide bonds. The lowest BCUT2D eigenvalue weighted by Crippen LogP contribution is -2.17. The standard InChI is InChI=1S/C16H17NO3/c1-18-14-8-11-5-7-20-16(12-4-3-6-17-10-12)13(11)9-15(14)19-2/h3-4,6,8-10,16H,5,7H2,1-2H3. The van der Waals surface area contributed by atoms with Gasteiger partial charge in [-0.3, -0.25) is 4.98 Å². The maximum absolute atomic E-state index is 5.93. The molecule has 4 nitrogen and oxygen atoms in total. The number of hydrogen-bond donors (Lipinski definition) is 0. The molecule has 0 radical (unpaired) electrons. The van der Waals surface area contributed by atoms with E-state index < -0.39 is 0 Å². The van der Waals surface area contributed by atoms with Crippen LogP contribution < -0.4 is 9.47 Å². The Kier molecular flexibility index (Phi) is 3.56. The van der Waals surface area contributed by atoms with Crippen LogP contribution in [0.3, 0.4) is 0 Å². The minimum atomic E-state index is -0.0905. The van der Waals surface area contributed by atoms with Crippen LogP contribution in [0.2, 0.25) is 0 Å². The summed E-state index contributed by atoms with van der Waals surface area (Å²) in [6.45, 7) is 0.696. The van der Waals surface area contributed by atoms with E-state index in [-0.39, 0.29) is 6.10 Å². The number of hydrogen-bond acceptors (Lipinski definition) is 4. The average molecular weight is 271 g/mol. The van der Waals surface area contributed by atoms with Crippen LogP contribution in [-0.4, -0.2) is 25.8 Å². The summed E-state index contributed by atoms with van der Waals surface area (Å²) in [5.41, 5.74) is 3.42. The molecule has 2 aromatic rings. The number of benzene rings is 1. The van der Waals surface area contributed by atoms with E-state index in [1.165, 1.54) is 5.56 Å². The van der Waals surface area contributed by atoms with E-state index in [1.54, 1.807) is 20.4 Å². The van der Waals surface area contributed by atoms with Gasteiger partial charge in [-0.2, -0.15) is 0 Å². The number of aromatic nitrogens is 1. The number of pyridine rings is 1. The van der Waals surface area contributed by atoms with E-state index in [0.29, 0.717) is 6.61 Å². The molecule has 1 aromatic carbocycles. The number of ether oxygens (including phenoxy) is 3. The van der Waals surface area contributed by atoms with Crippen molar-refractivity contribution in [2.45, 2.75) is 12.5 Å². The zero-order valence-electron chi connectivity index (χ0n) is 11.6. The van der Waals surface area contributed by atoms with Gasteiger partial charge in [-0.15, -0.1) is 0 Å². The molecule has 1 aliphatic heterocycles. The molecular formula is C16H17NO3. The molecule has 1 aromatic heterocycles. The minimum absolute atomic E-state index is 0.0905. The Morgan fingerprint density at radius 1 is 1.20 bits per heavy atom. The van der Waals surface area contributed by atoms with Crippen LogP contribution in [0.5, 0.6) is 11.5 Å². The van der Waals surface area contributed by atoms with Crippen molar-refractivity contribution in [1.82, 2.24) is 4.98 Å². The van der Waals surface area contributed by atoms with E-state index in [2.05, 4.69) is 4.98 Å². The van der Waals surface area contributed by atoms with Crippen molar-refractivity contribution in [1.29, 1.82) is 0 Å². The van der Waals surface area contributed by atoms with E-state index in [0.717, 1.165) is 29.0 Å². The molecule has 0 aliphatic carbocycles. The van der Waals surface area contributed by atoms with E-state index in [4.69, 9.17) is 14.2 Å². The van der Waals surface area contributed by atoms with Crippen LogP contribution in [-0.2, 0) is 11.2 Å². The summed E-state index contributed by atoms with van der Waals surface area (Å²) in [6.07, 6.45) is 4.40. The minimum Gasteiger partial charge on any atom is -0.493 e. The van der Waals surface area contributed by atoms with Crippen LogP contribution in [0.4, 0.5) is 0 Å². The number of rotatable bonds is 3. The summed E-state index contributed by atoms with van der Waals surface area (Å²) in [5.74, 6) is 1.49. The Hall–Kier alpha value is -2.07. The molecule has 4 heteroatoms. The topological polar surface area (TPSA) is 40.6 Å². The quantitative estimate of drug-likeness (QED) is 0.860. The third-order valence-electron chi connectivity index (χ3n) is 3.57. The molecule has 20 heavy (non-hydrogen) atoms. The second kappa shape index (κ2) is 5.51. The van der Waals surface area contributed by atoms with Crippen LogP contribution in [0.25, 0.3) is 0 Å². The van der Waals surface area contributed by atoms with Gasteiger partial charge in [-0.1, -0.05) is 6.07 Å². The summed E-state index contributed by atoms with van der Waals surface area (Å²) in [5, 5.41) is 0. The molecule has 0 fully saturated rings. The number of methoxy groups -OCH3 is 2. The zero-order valence-corrected chi connectivity index (χ0v) is 11.6. The van der Waals surface area contributed by atoms with Crippen LogP contribution in [0, 0.1) is 0 Å². The highest BCUT2D eigenvalue weighted by molar-refractivity contribution is 5.50. The Labute approximate surface area is 118 Å². The first kappa shape index (κ1) is 12.9. The van der Waals surface area contributed by atoms with Crippen LogP contribution in [0.1, 0.15) is 22.8 Å². The molecule has 1 aliphatic rings. The van der Waals surface area contributed by atoms with Gasteiger partial charge in [0.25, 0.3) is 0 Å². The molecule has 0 N–H and O–H groups in total. The first-order valence-electron chi connectivity index (χ1n) is 6.60. The lowest BCUT2D eigenvalue weighted by molar-refractivity contribution is 0.0693. The number of fused-ring (bicyclic) bond motifs is 1. The number of nitrogens with zero attached hydrogens (tertiary/aromatic N) is 1. The van der Waals surface area contributed by atoms with Gasteiger partial charge >= 0.3 is 0 Å². The first-order chi connectivity index (χ1) is 9.83. The average Bonchev–Trinajstić information content (AvgIpc) is 2.53. The maximum Gasteiger partial charge on any atom is 0.161 e. The molecular weight excluding hydrogens is 254 g/mol. The lowest BCUT2D eigenvalue weighted by Gasteiger charge is -2.27. The molecule has 2 heterocycles. The Balaban J connectivity index is 2.08. The normalized spacial score (nSPS) is 17.4. The van der Waals surface area contributed by atoms with E-state index >= 15 is 0 Å². The highest BCUT2D eigenvalue weighted by atomic mass is 16.5. The third kappa shape index (κ3) is 2.23. The largest absolute Gasteiger partial charge is 0.493 e. The van der Waals surface area contributed by atoms with Gasteiger partial charge in [-0.05, 0) is 35.7 Å². The lowest BCUT2D eigenvalue weighted by atomic mass is 9.93. The van der Waals surface area contributed by atoms with Gasteiger partial charge in [0.15, 0.2) is 11.5 Å². The van der Waals surface area contributed by atoms with Crippen molar-refractivity contribution < 1.29 is 14.2 Å². The first-order valence-corrected chi connectivity index (χ1v) is 6.60. The summed E-state index contributed by atoms with van der Waals surface area (Å²) in [4.78, 5) is 4.17. The molecule has 0 bridgehead atoms. The fourth-order valence-corrected chi connectivity index (χ4v) is 2.58. The maximum atomic E-state index is 5.93. The molecule has 0 saturated carbocycles. The monoisotopic (exact) mass is 271 g/mol. The van der Waals surface area contributed by atoms with Crippen LogP contribution >= 0.6 is 0 Å². The third-order valence-corrected chi connectivity index (χ3v) is 3.57. The van der Waals surface area contributed by atoms with Gasteiger partial charge in [-0.25, -0.2) is 0 Å². The predicted octanol–water partition coefficient (Wildman–Crippen LogP) is 2.76. The van der Waals surface area contributed by atoms with Gasteiger partial charge in [0.05, 0.1) is 20.8 Å². The van der Waals surface area contributed by atoms with Gasteiger partial charge < -0.3 is 14.2 Å². The second-order valence-corrected chi connectivity index (χ2v) is 4.69. The smallest absolute Gasteiger partial charge is 0.161 e. The summed E-state index contributed by atoms with van der Waals surface area (Å²) >= 11 is 0. The van der Waals surface area contributed by atoms with Crippen LogP contribution in [0.15, 0.2) is 36.7 Å². The highest BCUT2D eigenvalue weighted by Crippen LogP contribution is 2.39. The molecule has 104 valence electrons.